The van der Waals surface area contributed by atoms with Crippen LogP contribution in [-0.4, -0.2) is 34.0 Å². The van der Waals surface area contributed by atoms with Crippen molar-refractivity contribution in [2.75, 3.05) is 6.61 Å². The van der Waals surface area contributed by atoms with Gasteiger partial charge in [0.25, 0.3) is 0 Å². The molecule has 4 rings (SSSR count). The van der Waals surface area contributed by atoms with Gasteiger partial charge in [-0.2, -0.15) is 0 Å². The van der Waals surface area contributed by atoms with Crippen LogP contribution in [-0.2, 0) is 9.59 Å². The topological polar surface area (TPSA) is 74.6 Å². The summed E-state index contributed by atoms with van der Waals surface area (Å²) in [4.78, 5) is 24.7. The average Bonchev–Trinajstić information content (AvgIpc) is 2.93. The summed E-state index contributed by atoms with van der Waals surface area (Å²) >= 11 is 0. The number of hydrogen-bond acceptors (Lipinski definition) is 4. The fourth-order valence-corrected chi connectivity index (χ4v) is 7.94. The van der Waals surface area contributed by atoms with Crippen LogP contribution in [0.2, 0.25) is 0 Å². The zero-order valence-electron chi connectivity index (χ0n) is 17.0. The molecule has 4 aliphatic rings. The number of hydrogen-bond donors (Lipinski definition) is 2. The van der Waals surface area contributed by atoms with E-state index in [1.165, 1.54) is 5.57 Å². The van der Waals surface area contributed by atoms with Gasteiger partial charge in [-0.15, -0.1) is 0 Å². The molecule has 0 aromatic rings. The molecule has 7 atom stereocenters. The second-order valence-corrected chi connectivity index (χ2v) is 10.1. The number of Topliss-reactive ketones (excluding diaryl/α,β-unsaturated/α-hetero) is 1. The number of fused-ring (bicyclic) bond motifs is 5. The molecule has 0 aromatic carbocycles. The molecule has 0 aromatic heterocycles. The van der Waals surface area contributed by atoms with Gasteiger partial charge in [-0.1, -0.05) is 32.8 Å². The first kappa shape index (κ1) is 19.3. The molecule has 4 nitrogen and oxygen atoms in total. The number of carbonyl (C=O) groups excluding carboxylic acids is 2. The lowest BCUT2D eigenvalue weighted by molar-refractivity contribution is -0.166. The van der Waals surface area contributed by atoms with Gasteiger partial charge < -0.3 is 10.2 Å². The Morgan fingerprint density at radius 3 is 2.56 bits per heavy atom. The quantitative estimate of drug-likeness (QED) is 0.793. The van der Waals surface area contributed by atoms with Gasteiger partial charge in [0, 0.05) is 11.8 Å². The molecule has 3 fully saturated rings. The van der Waals surface area contributed by atoms with Crippen LogP contribution in [0.1, 0.15) is 72.1 Å². The van der Waals surface area contributed by atoms with Crippen LogP contribution in [0.5, 0.6) is 0 Å². The number of aliphatic hydroxyl groups excluding tert-OH is 1. The van der Waals surface area contributed by atoms with Crippen LogP contribution in [0.4, 0.5) is 0 Å². The minimum atomic E-state index is -1.37. The molecule has 4 heteroatoms. The predicted molar refractivity (Wildman–Crippen MR) is 103 cm³/mol. The molecule has 4 aliphatic carbocycles. The zero-order valence-corrected chi connectivity index (χ0v) is 17.0. The molecule has 0 aliphatic heterocycles. The summed E-state index contributed by atoms with van der Waals surface area (Å²) in [5.74, 6) is 1.64. The van der Waals surface area contributed by atoms with Gasteiger partial charge in [0.15, 0.2) is 11.6 Å². The van der Waals surface area contributed by atoms with Gasteiger partial charge >= 0.3 is 0 Å². The van der Waals surface area contributed by atoms with Gasteiger partial charge in [0.1, 0.15) is 12.2 Å². The molecule has 0 saturated heterocycles. The highest BCUT2D eigenvalue weighted by molar-refractivity contribution is 5.92. The van der Waals surface area contributed by atoms with Crippen molar-refractivity contribution in [1.82, 2.24) is 0 Å². The van der Waals surface area contributed by atoms with E-state index in [2.05, 4.69) is 20.8 Å². The van der Waals surface area contributed by atoms with E-state index in [1.807, 2.05) is 6.08 Å². The number of rotatable bonds is 3. The average molecular weight is 375 g/mol. The predicted octanol–water partition coefficient (Wildman–Crippen LogP) is 3.45. The first-order chi connectivity index (χ1) is 12.7. The van der Waals surface area contributed by atoms with E-state index in [1.54, 1.807) is 0 Å². The van der Waals surface area contributed by atoms with Gasteiger partial charge in [-0.3, -0.25) is 9.59 Å². The number of ketones is 2. The summed E-state index contributed by atoms with van der Waals surface area (Å²) in [7, 11) is 0. The summed E-state index contributed by atoms with van der Waals surface area (Å²) in [5, 5.41) is 20.7. The molecular weight excluding hydrogens is 340 g/mol. The molecule has 0 heterocycles. The fourth-order valence-electron chi connectivity index (χ4n) is 7.94. The van der Waals surface area contributed by atoms with Crippen molar-refractivity contribution in [2.45, 2.75) is 77.7 Å². The summed E-state index contributed by atoms with van der Waals surface area (Å²) in [6.45, 7) is 6.11. The lowest BCUT2D eigenvalue weighted by atomic mass is 9.44. The minimum Gasteiger partial charge on any atom is -0.388 e. The third-order valence-corrected chi connectivity index (χ3v) is 9.53. The van der Waals surface area contributed by atoms with Gasteiger partial charge in [0.05, 0.1) is 0 Å². The smallest absolute Gasteiger partial charge is 0.190 e. The second-order valence-electron chi connectivity index (χ2n) is 10.1. The second kappa shape index (κ2) is 6.25. The number of allylic oxidation sites excluding steroid dienone is 1. The van der Waals surface area contributed by atoms with Crippen LogP contribution in [0, 0.1) is 34.5 Å². The van der Waals surface area contributed by atoms with Gasteiger partial charge in [-0.05, 0) is 73.7 Å². The Labute approximate surface area is 162 Å². The summed E-state index contributed by atoms with van der Waals surface area (Å²) in [5.41, 5.74) is -0.372. The van der Waals surface area contributed by atoms with Crippen LogP contribution in [0.25, 0.3) is 0 Å². The highest BCUT2D eigenvalue weighted by atomic mass is 16.3. The fraction of sp³-hybridized carbons (Fsp3) is 0.826. The van der Waals surface area contributed by atoms with E-state index in [0.29, 0.717) is 36.5 Å². The molecule has 27 heavy (non-hydrogen) atoms. The van der Waals surface area contributed by atoms with Crippen molar-refractivity contribution in [3.8, 4) is 0 Å². The van der Waals surface area contributed by atoms with E-state index in [-0.39, 0.29) is 11.2 Å². The Bertz CT molecular complexity index is 696. The Morgan fingerprint density at radius 2 is 1.89 bits per heavy atom. The molecule has 0 radical (unpaired) electrons. The van der Waals surface area contributed by atoms with E-state index < -0.39 is 23.4 Å². The maximum atomic E-state index is 12.4. The van der Waals surface area contributed by atoms with Crippen LogP contribution in [0.15, 0.2) is 11.6 Å². The van der Waals surface area contributed by atoms with Crippen molar-refractivity contribution in [3.05, 3.63) is 11.6 Å². The summed E-state index contributed by atoms with van der Waals surface area (Å²) in [6, 6.07) is 0. The van der Waals surface area contributed by atoms with Crippen molar-refractivity contribution < 1.29 is 19.8 Å². The first-order valence-electron chi connectivity index (χ1n) is 10.8. The SMILES string of the molecule is CCC1CC(=O)C=C2CC[C@H]3[C@@H]4CC[C@](O)(C(=O)CO)[C@@]4(C)CC[C@@H]3[C@]21C. The highest BCUT2D eigenvalue weighted by Crippen LogP contribution is 2.68. The monoisotopic (exact) mass is 374 g/mol. The van der Waals surface area contributed by atoms with Crippen molar-refractivity contribution in [2.24, 2.45) is 34.5 Å². The molecule has 0 amide bonds. The Morgan fingerprint density at radius 1 is 1.19 bits per heavy atom. The maximum Gasteiger partial charge on any atom is 0.190 e. The van der Waals surface area contributed by atoms with Crippen molar-refractivity contribution >= 4 is 11.6 Å². The van der Waals surface area contributed by atoms with Crippen molar-refractivity contribution in [3.63, 3.8) is 0 Å². The van der Waals surface area contributed by atoms with Gasteiger partial charge in [-0.25, -0.2) is 0 Å². The molecule has 3 saturated carbocycles. The van der Waals surface area contributed by atoms with Crippen LogP contribution >= 0.6 is 0 Å². The largest absolute Gasteiger partial charge is 0.388 e. The maximum absolute atomic E-state index is 12.4. The minimum absolute atomic E-state index is 0.0780. The molecule has 150 valence electrons. The normalized spacial score (nSPS) is 49.1. The molecular formula is C23H34O4. The van der Waals surface area contributed by atoms with E-state index in [0.717, 1.165) is 38.5 Å². The van der Waals surface area contributed by atoms with E-state index in [4.69, 9.17) is 0 Å². The van der Waals surface area contributed by atoms with Crippen LogP contribution in [0.3, 0.4) is 0 Å². The molecule has 2 N–H and O–H groups in total. The highest BCUT2D eigenvalue weighted by Gasteiger charge is 2.66. The lowest BCUT2D eigenvalue weighted by Gasteiger charge is -2.60. The number of carbonyl (C=O) groups is 2. The van der Waals surface area contributed by atoms with Gasteiger partial charge in [0.2, 0.25) is 0 Å². The Balaban J connectivity index is 1.71. The molecule has 0 spiro atoms. The Kier molecular flexibility index (Phi) is 4.47. The molecule has 0 bridgehead atoms. The lowest BCUT2D eigenvalue weighted by Crippen LogP contribution is -2.59. The van der Waals surface area contributed by atoms with Crippen LogP contribution < -0.4 is 0 Å². The van der Waals surface area contributed by atoms with E-state index >= 15 is 0 Å². The van der Waals surface area contributed by atoms with E-state index in [9.17, 15) is 19.8 Å². The molecule has 1 unspecified atom stereocenters. The zero-order chi connectivity index (χ0) is 19.6. The third-order valence-electron chi connectivity index (χ3n) is 9.53. The summed E-state index contributed by atoms with van der Waals surface area (Å²) < 4.78 is 0. The summed E-state index contributed by atoms with van der Waals surface area (Å²) in [6.07, 6.45) is 8.82. The van der Waals surface area contributed by atoms with Crippen molar-refractivity contribution in [1.29, 1.82) is 0 Å². The third kappa shape index (κ3) is 2.35. The standard InChI is InChI=1S/C23H34O4/c1-4-14-11-16(25)12-15-5-6-17-18-8-10-23(27,20(26)13-24)21(18,2)9-7-19(17)22(14,15)3/h12,14,17-19,24,27H,4-11,13H2,1-3H3/t14?,17-,18-,19-,21-,22-,23-/m0/s1. The Hall–Kier alpha value is -1.00. The number of aliphatic hydroxyl groups is 2. The first-order valence-corrected chi connectivity index (χ1v) is 10.8.